The molecule has 0 saturated carbocycles. The Bertz CT molecular complexity index is 726. The number of aromatic nitrogens is 4. The van der Waals surface area contributed by atoms with E-state index in [0.29, 0.717) is 12.4 Å². The van der Waals surface area contributed by atoms with Crippen LogP contribution in [0.4, 0.5) is 5.69 Å². The number of aromatic amines is 1. The Balaban J connectivity index is 2.46. The molecule has 2 heterocycles. The van der Waals surface area contributed by atoms with Gasteiger partial charge >= 0.3 is 16.9 Å². The Labute approximate surface area is 106 Å². The quantitative estimate of drug-likeness (QED) is 0.602. The van der Waals surface area contributed by atoms with Gasteiger partial charge in [0.2, 0.25) is 0 Å². The number of hydrogen-bond acceptors (Lipinski definition) is 5. The summed E-state index contributed by atoms with van der Waals surface area (Å²) in [7, 11) is 0. The number of rotatable bonds is 4. The molecule has 0 saturated heterocycles. The molecule has 1 N–H and O–H groups in total. The van der Waals surface area contributed by atoms with E-state index in [1.165, 1.54) is 0 Å². The van der Waals surface area contributed by atoms with Gasteiger partial charge in [0.05, 0.1) is 17.7 Å². The van der Waals surface area contributed by atoms with Crippen molar-refractivity contribution in [2.24, 2.45) is 0 Å². The molecule has 19 heavy (non-hydrogen) atoms. The molecule has 2 aromatic heterocycles. The molecule has 0 fully saturated rings. The number of aryl methyl sites for hydroxylation is 1. The zero-order chi connectivity index (χ0) is 14.0. The first-order valence-electron chi connectivity index (χ1n) is 5.51. The zero-order valence-corrected chi connectivity index (χ0v) is 10.1. The van der Waals surface area contributed by atoms with Gasteiger partial charge in [-0.15, -0.1) is 0 Å². The average Bonchev–Trinajstić information content (AvgIpc) is 2.79. The van der Waals surface area contributed by atoms with Gasteiger partial charge in [-0.2, -0.15) is 0 Å². The third-order valence-corrected chi connectivity index (χ3v) is 2.64. The van der Waals surface area contributed by atoms with Gasteiger partial charge in [-0.1, -0.05) is 0 Å². The molecule has 9 heteroatoms. The van der Waals surface area contributed by atoms with Crippen molar-refractivity contribution in [2.45, 2.75) is 20.0 Å². The Hall–Kier alpha value is -2.71. The molecule has 2 rings (SSSR count). The van der Waals surface area contributed by atoms with Crippen LogP contribution in [-0.2, 0) is 13.1 Å². The van der Waals surface area contributed by atoms with Crippen LogP contribution in [0, 0.1) is 10.1 Å². The van der Waals surface area contributed by atoms with E-state index in [4.69, 9.17) is 0 Å². The van der Waals surface area contributed by atoms with Crippen molar-refractivity contribution in [2.75, 3.05) is 0 Å². The average molecular weight is 265 g/mol. The first-order valence-corrected chi connectivity index (χ1v) is 5.51. The smallest absolute Gasteiger partial charge is 0.334 e. The Kier molecular flexibility index (Phi) is 3.27. The second-order valence-corrected chi connectivity index (χ2v) is 3.79. The molecule has 9 nitrogen and oxygen atoms in total. The molecule has 0 atom stereocenters. The normalized spacial score (nSPS) is 10.6. The summed E-state index contributed by atoms with van der Waals surface area (Å²) in [6.45, 7) is 2.62. The van der Waals surface area contributed by atoms with Crippen LogP contribution in [0.25, 0.3) is 0 Å². The molecule has 0 radical (unpaired) electrons. The Morgan fingerprint density at radius 2 is 2.16 bits per heavy atom. The number of H-pyrrole nitrogens is 1. The molecular weight excluding hydrogens is 254 g/mol. The summed E-state index contributed by atoms with van der Waals surface area (Å²) in [4.78, 5) is 38.6. The van der Waals surface area contributed by atoms with E-state index in [1.807, 2.05) is 11.9 Å². The second kappa shape index (κ2) is 4.88. The van der Waals surface area contributed by atoms with E-state index >= 15 is 0 Å². The fraction of sp³-hybridized carbons (Fsp3) is 0.300. The summed E-state index contributed by atoms with van der Waals surface area (Å²) in [6, 6.07) is 0. The summed E-state index contributed by atoms with van der Waals surface area (Å²) in [5, 5.41) is 10.7. The lowest BCUT2D eigenvalue weighted by Gasteiger charge is -2.06. The van der Waals surface area contributed by atoms with E-state index in [0.717, 1.165) is 10.8 Å². The maximum atomic E-state index is 11.6. The van der Waals surface area contributed by atoms with Crippen LogP contribution in [0.1, 0.15) is 12.7 Å². The predicted molar refractivity (Wildman–Crippen MR) is 65.0 cm³/mol. The Morgan fingerprint density at radius 3 is 2.79 bits per heavy atom. The maximum absolute atomic E-state index is 11.6. The van der Waals surface area contributed by atoms with Crippen molar-refractivity contribution in [3.8, 4) is 0 Å². The van der Waals surface area contributed by atoms with E-state index < -0.39 is 21.9 Å². The van der Waals surface area contributed by atoms with Crippen LogP contribution in [-0.4, -0.2) is 24.0 Å². The Morgan fingerprint density at radius 1 is 1.42 bits per heavy atom. The third kappa shape index (κ3) is 2.44. The van der Waals surface area contributed by atoms with Gasteiger partial charge in [0.1, 0.15) is 5.82 Å². The summed E-state index contributed by atoms with van der Waals surface area (Å²) < 4.78 is 2.84. The van der Waals surface area contributed by atoms with Crippen molar-refractivity contribution < 1.29 is 4.92 Å². The van der Waals surface area contributed by atoms with Crippen LogP contribution in [0.15, 0.2) is 28.2 Å². The summed E-state index contributed by atoms with van der Waals surface area (Å²) in [5.41, 5.74) is -2.39. The molecule has 0 spiro atoms. The fourth-order valence-electron chi connectivity index (χ4n) is 1.68. The monoisotopic (exact) mass is 265 g/mol. The molecule has 0 aromatic carbocycles. The topological polar surface area (TPSA) is 116 Å². The van der Waals surface area contributed by atoms with Crippen molar-refractivity contribution in [1.82, 2.24) is 19.1 Å². The molecule has 0 aliphatic heterocycles. The van der Waals surface area contributed by atoms with Crippen LogP contribution in [0.2, 0.25) is 0 Å². The minimum absolute atomic E-state index is 0.0529. The van der Waals surface area contributed by atoms with Crippen molar-refractivity contribution in [3.05, 3.63) is 55.4 Å². The highest BCUT2D eigenvalue weighted by Crippen LogP contribution is 2.03. The van der Waals surface area contributed by atoms with Gasteiger partial charge in [0, 0.05) is 18.9 Å². The standard InChI is InChI=1S/C10H11N5O4/c1-2-13-4-3-11-8(13)6-14-5-7(15(18)19)9(16)12-10(14)17/h3-5H,2,6H2,1H3,(H,12,16,17). The predicted octanol–water partition coefficient (Wildman–Crippen LogP) is -0.291. The van der Waals surface area contributed by atoms with E-state index in [-0.39, 0.29) is 6.54 Å². The van der Waals surface area contributed by atoms with Gasteiger partial charge in [0.15, 0.2) is 0 Å². The van der Waals surface area contributed by atoms with E-state index in [9.17, 15) is 19.7 Å². The van der Waals surface area contributed by atoms with Gasteiger partial charge in [-0.3, -0.25) is 24.5 Å². The first-order chi connectivity index (χ1) is 9.02. The van der Waals surface area contributed by atoms with Crippen LogP contribution in [0.5, 0.6) is 0 Å². The lowest BCUT2D eigenvalue weighted by atomic mass is 10.5. The highest BCUT2D eigenvalue weighted by atomic mass is 16.6. The SMILES string of the molecule is CCn1ccnc1Cn1cc([N+](=O)[O-])c(=O)[nH]c1=O. The number of nitrogens with zero attached hydrogens (tertiary/aromatic N) is 4. The summed E-state index contributed by atoms with van der Waals surface area (Å²) in [6.07, 6.45) is 4.24. The molecule has 0 aliphatic rings. The zero-order valence-electron chi connectivity index (χ0n) is 10.1. The summed E-state index contributed by atoms with van der Waals surface area (Å²) in [5.74, 6) is 0.575. The molecule has 0 aliphatic carbocycles. The number of imidazole rings is 1. The highest BCUT2D eigenvalue weighted by molar-refractivity contribution is 5.21. The second-order valence-electron chi connectivity index (χ2n) is 3.79. The highest BCUT2D eigenvalue weighted by Gasteiger charge is 2.15. The fourth-order valence-corrected chi connectivity index (χ4v) is 1.68. The molecule has 0 bridgehead atoms. The molecule has 0 unspecified atom stereocenters. The van der Waals surface area contributed by atoms with Gasteiger partial charge in [-0.05, 0) is 6.92 Å². The molecule has 2 aromatic rings. The number of hydrogen-bond donors (Lipinski definition) is 1. The van der Waals surface area contributed by atoms with Gasteiger partial charge in [-0.25, -0.2) is 9.78 Å². The third-order valence-electron chi connectivity index (χ3n) is 2.64. The van der Waals surface area contributed by atoms with Gasteiger partial charge in [0.25, 0.3) is 0 Å². The van der Waals surface area contributed by atoms with Crippen molar-refractivity contribution in [1.29, 1.82) is 0 Å². The lowest BCUT2D eigenvalue weighted by molar-refractivity contribution is -0.386. The largest absolute Gasteiger partial charge is 0.350 e. The maximum Gasteiger partial charge on any atom is 0.350 e. The minimum atomic E-state index is -1.01. The van der Waals surface area contributed by atoms with Crippen LogP contribution in [0.3, 0.4) is 0 Å². The molecule has 0 amide bonds. The first kappa shape index (κ1) is 12.7. The molecule has 100 valence electrons. The summed E-state index contributed by atoms with van der Waals surface area (Å²) >= 11 is 0. The van der Waals surface area contributed by atoms with Crippen molar-refractivity contribution in [3.63, 3.8) is 0 Å². The van der Waals surface area contributed by atoms with Crippen molar-refractivity contribution >= 4 is 5.69 Å². The lowest BCUT2D eigenvalue weighted by Crippen LogP contribution is -2.31. The van der Waals surface area contributed by atoms with Gasteiger partial charge < -0.3 is 4.57 Å². The molecular formula is C10H11N5O4. The van der Waals surface area contributed by atoms with Crippen LogP contribution >= 0.6 is 0 Å². The van der Waals surface area contributed by atoms with E-state index in [2.05, 4.69) is 4.98 Å². The van der Waals surface area contributed by atoms with Crippen LogP contribution < -0.4 is 11.2 Å². The number of nitrogens with one attached hydrogen (secondary N) is 1. The van der Waals surface area contributed by atoms with E-state index in [1.54, 1.807) is 17.0 Å². The minimum Gasteiger partial charge on any atom is -0.334 e. The number of nitro groups is 1.